The summed E-state index contributed by atoms with van der Waals surface area (Å²) in [5.41, 5.74) is 6.07. The van der Waals surface area contributed by atoms with Gasteiger partial charge < -0.3 is 25.4 Å². The van der Waals surface area contributed by atoms with Crippen LogP contribution in [0.5, 0.6) is 17.2 Å². The molecule has 0 bridgehead atoms. The summed E-state index contributed by atoms with van der Waals surface area (Å²) in [7, 11) is 0. The molecule has 1 aliphatic rings. The van der Waals surface area contributed by atoms with Crippen molar-refractivity contribution in [2.45, 2.75) is 6.04 Å². The van der Waals surface area contributed by atoms with E-state index in [1.54, 1.807) is 6.07 Å². The molecular formula is C10H13NO4. The number of aliphatic hydroxyl groups is 1. The molecule has 1 heterocycles. The Balaban J connectivity index is 2.50. The Morgan fingerprint density at radius 2 is 2.07 bits per heavy atom. The van der Waals surface area contributed by atoms with Crippen molar-refractivity contribution in [3.8, 4) is 17.2 Å². The molecular weight excluding hydrogens is 198 g/mol. The maximum atomic E-state index is 9.64. The Morgan fingerprint density at radius 3 is 2.80 bits per heavy atom. The van der Waals surface area contributed by atoms with E-state index in [1.165, 1.54) is 6.07 Å². The quantitative estimate of drug-likeness (QED) is 0.648. The van der Waals surface area contributed by atoms with E-state index >= 15 is 0 Å². The fourth-order valence-electron chi connectivity index (χ4n) is 1.58. The molecule has 5 nitrogen and oxygen atoms in total. The summed E-state index contributed by atoms with van der Waals surface area (Å²) in [6, 6.07) is 2.44. The van der Waals surface area contributed by atoms with Crippen molar-refractivity contribution in [3.63, 3.8) is 0 Å². The Kier molecular flexibility index (Phi) is 2.66. The molecule has 0 fully saturated rings. The van der Waals surface area contributed by atoms with Crippen LogP contribution in [-0.2, 0) is 0 Å². The maximum Gasteiger partial charge on any atom is 0.169 e. The van der Waals surface area contributed by atoms with E-state index in [4.69, 9.17) is 20.3 Å². The number of rotatable bonds is 2. The molecule has 82 valence electrons. The van der Waals surface area contributed by atoms with Crippen molar-refractivity contribution in [2.24, 2.45) is 5.73 Å². The first-order valence-electron chi connectivity index (χ1n) is 4.72. The van der Waals surface area contributed by atoms with Crippen molar-refractivity contribution in [1.29, 1.82) is 0 Å². The van der Waals surface area contributed by atoms with Crippen LogP contribution in [0.2, 0.25) is 0 Å². The van der Waals surface area contributed by atoms with Gasteiger partial charge in [0.1, 0.15) is 19.0 Å². The van der Waals surface area contributed by atoms with Gasteiger partial charge in [-0.1, -0.05) is 0 Å². The molecule has 0 saturated heterocycles. The highest BCUT2D eigenvalue weighted by atomic mass is 16.6. The average molecular weight is 211 g/mol. The van der Waals surface area contributed by atoms with Gasteiger partial charge in [-0.25, -0.2) is 0 Å². The minimum absolute atomic E-state index is 0.0146. The van der Waals surface area contributed by atoms with Crippen molar-refractivity contribution in [1.82, 2.24) is 0 Å². The lowest BCUT2D eigenvalue weighted by Gasteiger charge is -2.23. The predicted molar refractivity (Wildman–Crippen MR) is 53.1 cm³/mol. The van der Waals surface area contributed by atoms with E-state index in [9.17, 15) is 5.11 Å². The van der Waals surface area contributed by atoms with Crippen LogP contribution >= 0.6 is 0 Å². The second kappa shape index (κ2) is 3.96. The highest BCUT2D eigenvalue weighted by molar-refractivity contribution is 5.55. The number of hydrogen-bond acceptors (Lipinski definition) is 5. The van der Waals surface area contributed by atoms with E-state index in [-0.39, 0.29) is 12.4 Å². The Hall–Kier alpha value is -1.46. The number of ether oxygens (including phenoxy) is 2. The van der Waals surface area contributed by atoms with E-state index in [0.717, 1.165) is 0 Å². The molecule has 15 heavy (non-hydrogen) atoms. The maximum absolute atomic E-state index is 9.64. The molecule has 1 unspecified atom stereocenters. The largest absolute Gasteiger partial charge is 0.507 e. The fourth-order valence-corrected chi connectivity index (χ4v) is 1.58. The number of benzene rings is 1. The van der Waals surface area contributed by atoms with Crippen molar-refractivity contribution < 1.29 is 19.7 Å². The number of fused-ring (bicyclic) bond motifs is 1. The lowest BCUT2D eigenvalue weighted by Crippen LogP contribution is -2.21. The van der Waals surface area contributed by atoms with Crippen molar-refractivity contribution >= 4 is 0 Å². The Labute approximate surface area is 87.0 Å². The highest BCUT2D eigenvalue weighted by Crippen LogP contribution is 2.41. The lowest BCUT2D eigenvalue weighted by molar-refractivity contribution is 0.166. The molecule has 0 spiro atoms. The van der Waals surface area contributed by atoms with Crippen molar-refractivity contribution in [3.05, 3.63) is 17.7 Å². The third-order valence-electron chi connectivity index (χ3n) is 2.29. The standard InChI is InChI=1S/C10H13NO4/c11-6(5-12)9-7(13)1-2-8-10(9)15-4-3-14-8/h1-2,6,12-13H,3-5,11H2. The summed E-state index contributed by atoms with van der Waals surface area (Å²) in [6.07, 6.45) is 0. The Bertz CT molecular complexity index is 367. The third-order valence-corrected chi connectivity index (χ3v) is 2.29. The summed E-state index contributed by atoms with van der Waals surface area (Å²) >= 11 is 0. The van der Waals surface area contributed by atoms with Gasteiger partial charge in [-0.3, -0.25) is 0 Å². The zero-order valence-electron chi connectivity index (χ0n) is 8.14. The highest BCUT2D eigenvalue weighted by Gasteiger charge is 2.23. The first-order valence-corrected chi connectivity index (χ1v) is 4.72. The molecule has 1 aromatic carbocycles. The van der Waals surface area contributed by atoms with Crippen LogP contribution in [0, 0.1) is 0 Å². The van der Waals surface area contributed by atoms with E-state index < -0.39 is 6.04 Å². The van der Waals surface area contributed by atoms with Gasteiger partial charge in [0.25, 0.3) is 0 Å². The van der Waals surface area contributed by atoms with Crippen LogP contribution in [0.1, 0.15) is 11.6 Å². The van der Waals surface area contributed by atoms with Crippen LogP contribution in [0.4, 0.5) is 0 Å². The van der Waals surface area contributed by atoms with Crippen LogP contribution in [0.15, 0.2) is 12.1 Å². The number of nitrogens with two attached hydrogens (primary N) is 1. The fraction of sp³-hybridized carbons (Fsp3) is 0.400. The molecule has 5 heteroatoms. The summed E-state index contributed by atoms with van der Waals surface area (Å²) in [6.45, 7) is 0.639. The SMILES string of the molecule is NC(CO)c1c(O)ccc2c1OCCO2. The Morgan fingerprint density at radius 1 is 1.33 bits per heavy atom. The third kappa shape index (κ3) is 1.71. The first-order chi connectivity index (χ1) is 7.24. The number of phenolic OH excluding ortho intramolecular Hbond substituents is 1. The molecule has 2 rings (SSSR count). The molecule has 1 aromatic rings. The van der Waals surface area contributed by atoms with Gasteiger partial charge >= 0.3 is 0 Å². The van der Waals surface area contributed by atoms with Gasteiger partial charge in [0.15, 0.2) is 11.5 Å². The van der Waals surface area contributed by atoms with E-state index in [1.807, 2.05) is 0 Å². The van der Waals surface area contributed by atoms with E-state index in [0.29, 0.717) is 30.3 Å². The topological polar surface area (TPSA) is 84.9 Å². The summed E-state index contributed by atoms with van der Waals surface area (Å²) < 4.78 is 10.7. The minimum Gasteiger partial charge on any atom is -0.507 e. The van der Waals surface area contributed by atoms with Gasteiger partial charge in [-0.15, -0.1) is 0 Å². The molecule has 0 amide bonds. The number of aromatic hydroxyl groups is 1. The van der Waals surface area contributed by atoms with Gasteiger partial charge in [-0.2, -0.15) is 0 Å². The first kappa shape index (κ1) is 10.1. The number of phenols is 1. The molecule has 0 radical (unpaired) electrons. The molecule has 0 aliphatic carbocycles. The number of hydrogen-bond donors (Lipinski definition) is 3. The van der Waals surface area contributed by atoms with Crippen LogP contribution in [-0.4, -0.2) is 30.0 Å². The van der Waals surface area contributed by atoms with Gasteiger partial charge in [-0.05, 0) is 12.1 Å². The smallest absolute Gasteiger partial charge is 0.169 e. The normalized spacial score (nSPS) is 16.1. The summed E-state index contributed by atoms with van der Waals surface area (Å²) in [4.78, 5) is 0. The zero-order valence-corrected chi connectivity index (χ0v) is 8.14. The molecule has 0 saturated carbocycles. The minimum atomic E-state index is -0.665. The van der Waals surface area contributed by atoms with Crippen LogP contribution in [0.25, 0.3) is 0 Å². The van der Waals surface area contributed by atoms with Crippen LogP contribution in [0.3, 0.4) is 0 Å². The second-order valence-electron chi connectivity index (χ2n) is 3.31. The second-order valence-corrected chi connectivity index (χ2v) is 3.31. The summed E-state index contributed by atoms with van der Waals surface area (Å²) in [5.74, 6) is 1.00. The van der Waals surface area contributed by atoms with Gasteiger partial charge in [0, 0.05) is 0 Å². The molecule has 4 N–H and O–H groups in total. The molecule has 1 atom stereocenters. The zero-order chi connectivity index (χ0) is 10.8. The number of aliphatic hydroxyl groups excluding tert-OH is 1. The van der Waals surface area contributed by atoms with Crippen LogP contribution < -0.4 is 15.2 Å². The summed E-state index contributed by atoms with van der Waals surface area (Å²) in [5, 5.41) is 18.6. The van der Waals surface area contributed by atoms with Gasteiger partial charge in [0.2, 0.25) is 0 Å². The predicted octanol–water partition coefficient (Wildman–Crippen LogP) is 0.155. The van der Waals surface area contributed by atoms with Crippen molar-refractivity contribution in [2.75, 3.05) is 19.8 Å². The van der Waals surface area contributed by atoms with Gasteiger partial charge in [0.05, 0.1) is 18.2 Å². The monoisotopic (exact) mass is 211 g/mol. The average Bonchev–Trinajstić information content (AvgIpc) is 2.28. The molecule has 0 aromatic heterocycles. The lowest BCUT2D eigenvalue weighted by atomic mass is 10.0. The van der Waals surface area contributed by atoms with E-state index in [2.05, 4.69) is 0 Å². The molecule has 1 aliphatic heterocycles.